The number of rotatable bonds is 6. The highest BCUT2D eigenvalue weighted by Crippen LogP contribution is 2.25. The van der Waals surface area contributed by atoms with Gasteiger partial charge in [0.2, 0.25) is 17.8 Å². The van der Waals surface area contributed by atoms with E-state index in [1.165, 1.54) is 0 Å². The first-order valence-electron chi connectivity index (χ1n) is 12.3. The number of aromatic nitrogens is 3. The van der Waals surface area contributed by atoms with E-state index in [9.17, 15) is 9.90 Å². The molecule has 3 heterocycles. The van der Waals surface area contributed by atoms with E-state index in [1.54, 1.807) is 18.2 Å². The summed E-state index contributed by atoms with van der Waals surface area (Å²) in [4.78, 5) is 33.2. The largest absolute Gasteiger partial charge is 0.508 e. The highest BCUT2D eigenvalue weighted by atomic mass is 16.5. The van der Waals surface area contributed by atoms with Gasteiger partial charge in [-0.15, -0.1) is 0 Å². The third-order valence-electron chi connectivity index (χ3n) is 6.50. The minimum atomic E-state index is -0.568. The smallest absolute Gasteiger partial charge is 0.239 e. The molecule has 2 saturated heterocycles. The van der Waals surface area contributed by atoms with Gasteiger partial charge in [-0.1, -0.05) is 42.5 Å². The van der Waals surface area contributed by atoms with E-state index < -0.39 is 6.04 Å². The van der Waals surface area contributed by atoms with Crippen molar-refractivity contribution < 1.29 is 14.6 Å². The first-order chi connectivity index (χ1) is 17.6. The lowest BCUT2D eigenvalue weighted by Crippen LogP contribution is -2.54. The van der Waals surface area contributed by atoms with Gasteiger partial charge in [-0.05, 0) is 24.1 Å². The van der Waals surface area contributed by atoms with Gasteiger partial charge in [-0.2, -0.15) is 15.0 Å². The summed E-state index contributed by atoms with van der Waals surface area (Å²) in [5, 5.41) is 9.97. The van der Waals surface area contributed by atoms with E-state index in [2.05, 4.69) is 9.80 Å². The number of phenols is 1. The average Bonchev–Trinajstić information content (AvgIpc) is 2.93. The molecular weight excluding hydrogens is 458 g/mol. The third kappa shape index (κ3) is 5.55. The number of morpholine rings is 1. The summed E-state index contributed by atoms with van der Waals surface area (Å²) in [5.74, 6) is 1.77. The number of hydrogen-bond acceptors (Lipinski definition) is 9. The van der Waals surface area contributed by atoms with Crippen LogP contribution in [0.25, 0.3) is 11.4 Å². The van der Waals surface area contributed by atoms with Crippen molar-refractivity contribution in [2.24, 2.45) is 5.73 Å². The van der Waals surface area contributed by atoms with Gasteiger partial charge in [-0.25, -0.2) is 0 Å². The molecule has 2 aliphatic heterocycles. The zero-order valence-electron chi connectivity index (χ0n) is 20.2. The first kappa shape index (κ1) is 24.0. The molecule has 5 rings (SSSR count). The monoisotopic (exact) mass is 489 g/mol. The van der Waals surface area contributed by atoms with Crippen molar-refractivity contribution in [1.29, 1.82) is 0 Å². The number of carbonyl (C=O) groups excluding carboxylic acids is 1. The molecule has 188 valence electrons. The maximum absolute atomic E-state index is 13.0. The van der Waals surface area contributed by atoms with E-state index in [0.717, 1.165) is 5.56 Å². The van der Waals surface area contributed by atoms with Crippen LogP contribution in [0.2, 0.25) is 0 Å². The molecule has 0 unspecified atom stereocenters. The second kappa shape index (κ2) is 10.9. The zero-order valence-corrected chi connectivity index (χ0v) is 20.2. The van der Waals surface area contributed by atoms with Gasteiger partial charge in [0.15, 0.2) is 5.82 Å². The fourth-order valence-electron chi connectivity index (χ4n) is 4.49. The molecule has 2 aromatic carbocycles. The maximum atomic E-state index is 13.0. The van der Waals surface area contributed by atoms with Crippen molar-refractivity contribution in [3.63, 3.8) is 0 Å². The molecule has 36 heavy (non-hydrogen) atoms. The van der Waals surface area contributed by atoms with E-state index in [1.807, 2.05) is 41.3 Å². The van der Waals surface area contributed by atoms with Gasteiger partial charge in [0.1, 0.15) is 5.75 Å². The van der Waals surface area contributed by atoms with Crippen LogP contribution < -0.4 is 15.5 Å². The lowest BCUT2D eigenvalue weighted by Gasteiger charge is -2.36. The number of ether oxygens (including phenoxy) is 1. The molecule has 0 saturated carbocycles. The van der Waals surface area contributed by atoms with E-state index in [0.29, 0.717) is 82.2 Å². The summed E-state index contributed by atoms with van der Waals surface area (Å²) >= 11 is 0. The summed E-state index contributed by atoms with van der Waals surface area (Å²) in [6.07, 6.45) is 0.517. The fraction of sp³-hybridized carbons (Fsp3) is 0.385. The summed E-state index contributed by atoms with van der Waals surface area (Å²) in [5.41, 5.74) is 8.02. The number of phenolic OH excluding ortho intramolecular Hbond substituents is 1. The quantitative estimate of drug-likeness (QED) is 0.528. The summed E-state index contributed by atoms with van der Waals surface area (Å²) in [6.45, 7) is 4.91. The Kier molecular flexibility index (Phi) is 7.24. The van der Waals surface area contributed by atoms with Crippen LogP contribution in [0.1, 0.15) is 5.56 Å². The van der Waals surface area contributed by atoms with Gasteiger partial charge in [0.05, 0.1) is 19.3 Å². The number of nitrogens with two attached hydrogens (primary N) is 1. The van der Waals surface area contributed by atoms with Gasteiger partial charge in [0, 0.05) is 44.8 Å². The van der Waals surface area contributed by atoms with Crippen LogP contribution in [0.4, 0.5) is 11.9 Å². The van der Waals surface area contributed by atoms with E-state index >= 15 is 0 Å². The van der Waals surface area contributed by atoms with Gasteiger partial charge >= 0.3 is 0 Å². The Hall–Kier alpha value is -3.76. The Labute approximate surface area is 210 Å². The van der Waals surface area contributed by atoms with E-state index in [4.69, 9.17) is 25.4 Å². The molecule has 1 atom stereocenters. The molecule has 3 N–H and O–H groups in total. The molecule has 0 aliphatic carbocycles. The molecular formula is C26H31N7O3. The normalized spacial score (nSPS) is 17.2. The minimum absolute atomic E-state index is 0.0383. The van der Waals surface area contributed by atoms with Crippen LogP contribution in [-0.2, 0) is 16.0 Å². The Morgan fingerprint density at radius 1 is 0.889 bits per heavy atom. The van der Waals surface area contributed by atoms with Crippen LogP contribution >= 0.6 is 0 Å². The zero-order chi connectivity index (χ0) is 24.9. The fourth-order valence-corrected chi connectivity index (χ4v) is 4.49. The van der Waals surface area contributed by atoms with Crippen molar-refractivity contribution in [2.75, 3.05) is 62.3 Å². The first-order valence-corrected chi connectivity index (χ1v) is 12.3. The lowest BCUT2D eigenvalue weighted by atomic mass is 10.1. The lowest BCUT2D eigenvalue weighted by molar-refractivity contribution is -0.132. The molecule has 1 aromatic heterocycles. The van der Waals surface area contributed by atoms with Crippen molar-refractivity contribution >= 4 is 17.8 Å². The van der Waals surface area contributed by atoms with Gasteiger partial charge < -0.3 is 30.3 Å². The van der Waals surface area contributed by atoms with Crippen molar-refractivity contribution in [1.82, 2.24) is 19.9 Å². The molecule has 0 spiro atoms. The molecule has 10 heteroatoms. The van der Waals surface area contributed by atoms with Crippen LogP contribution in [0.3, 0.4) is 0 Å². The number of amides is 1. The number of anilines is 2. The molecule has 3 aromatic rings. The topological polar surface area (TPSA) is 121 Å². The standard InChI is InChI=1S/C26H31N7O3/c27-22(17-19-5-2-1-3-6-19)24(35)31-9-11-32(12-10-31)25-28-23(20-7-4-8-21(34)18-20)29-26(30-25)33-13-15-36-16-14-33/h1-8,18,22,34H,9-17,27H2/t22-/m0/s1. The third-order valence-corrected chi connectivity index (χ3v) is 6.50. The van der Waals surface area contributed by atoms with Gasteiger partial charge in [-0.3, -0.25) is 4.79 Å². The Morgan fingerprint density at radius 3 is 2.22 bits per heavy atom. The minimum Gasteiger partial charge on any atom is -0.508 e. The van der Waals surface area contributed by atoms with Crippen molar-refractivity contribution in [2.45, 2.75) is 12.5 Å². The number of nitrogens with zero attached hydrogens (tertiary/aromatic N) is 6. The van der Waals surface area contributed by atoms with Crippen molar-refractivity contribution in [3.8, 4) is 17.1 Å². The SMILES string of the molecule is N[C@@H](Cc1ccccc1)C(=O)N1CCN(c2nc(-c3cccc(O)c3)nc(N3CCOCC3)n2)CC1. The number of piperazine rings is 1. The predicted octanol–water partition coefficient (Wildman–Crippen LogP) is 1.30. The number of carbonyl (C=O) groups is 1. The molecule has 2 fully saturated rings. The summed E-state index contributed by atoms with van der Waals surface area (Å²) < 4.78 is 5.49. The van der Waals surface area contributed by atoms with Crippen molar-refractivity contribution in [3.05, 3.63) is 60.2 Å². The molecule has 0 bridgehead atoms. The molecule has 1 amide bonds. The van der Waals surface area contributed by atoms with Crippen LogP contribution in [-0.4, -0.2) is 89.4 Å². The second-order valence-corrected chi connectivity index (χ2v) is 9.02. The van der Waals surface area contributed by atoms with E-state index in [-0.39, 0.29) is 11.7 Å². The number of benzene rings is 2. The molecule has 2 aliphatic rings. The highest BCUT2D eigenvalue weighted by molar-refractivity contribution is 5.82. The summed E-state index contributed by atoms with van der Waals surface area (Å²) in [6, 6.07) is 16.2. The van der Waals surface area contributed by atoms with Crippen LogP contribution in [0.15, 0.2) is 54.6 Å². The number of hydrogen-bond donors (Lipinski definition) is 2. The maximum Gasteiger partial charge on any atom is 0.239 e. The summed E-state index contributed by atoms with van der Waals surface area (Å²) in [7, 11) is 0. The van der Waals surface area contributed by atoms with Crippen LogP contribution in [0, 0.1) is 0 Å². The van der Waals surface area contributed by atoms with Gasteiger partial charge in [0.25, 0.3) is 0 Å². The highest BCUT2D eigenvalue weighted by Gasteiger charge is 2.27. The number of aromatic hydroxyl groups is 1. The molecule has 0 radical (unpaired) electrons. The Balaban J connectivity index is 1.31. The molecule has 10 nitrogen and oxygen atoms in total. The Morgan fingerprint density at radius 2 is 1.56 bits per heavy atom. The second-order valence-electron chi connectivity index (χ2n) is 9.02. The predicted molar refractivity (Wildman–Crippen MR) is 137 cm³/mol. The average molecular weight is 490 g/mol. The Bertz CT molecular complexity index is 1180. The van der Waals surface area contributed by atoms with Crippen LogP contribution in [0.5, 0.6) is 5.75 Å².